The zero-order chi connectivity index (χ0) is 16.4. The number of nitrogens with zero attached hydrogens (tertiary/aromatic N) is 1. The molecule has 0 aromatic heterocycles. The summed E-state index contributed by atoms with van der Waals surface area (Å²) < 4.78 is 4.85. The van der Waals surface area contributed by atoms with Crippen molar-refractivity contribution in [2.75, 3.05) is 26.8 Å². The van der Waals surface area contributed by atoms with Crippen LogP contribution < -0.4 is 5.32 Å². The molecule has 1 heterocycles. The molecule has 0 saturated carbocycles. The number of amides is 3. The molecule has 1 N–H and O–H groups in total. The highest BCUT2D eigenvalue weighted by atomic mass is 16.5. The van der Waals surface area contributed by atoms with Crippen LogP contribution in [0.15, 0.2) is 36.4 Å². The summed E-state index contributed by atoms with van der Waals surface area (Å²) in [5, 5.41) is 4.10. The average molecular weight is 312 g/mol. The molecule has 6 nitrogen and oxygen atoms in total. The number of carbonyl (C=O) groups excluding carboxylic acids is 3. The first-order valence-electron chi connectivity index (χ1n) is 7.27. The van der Waals surface area contributed by atoms with E-state index < -0.39 is 17.7 Å². The molecule has 0 unspecified atom stereocenters. The molecule has 0 bridgehead atoms. The Morgan fingerprint density at radius 2 is 1.70 bits per heavy atom. The predicted octanol–water partition coefficient (Wildman–Crippen LogP) is 1.20. The Morgan fingerprint density at radius 1 is 1.09 bits per heavy atom. The van der Waals surface area contributed by atoms with E-state index >= 15 is 0 Å². The molecular formula is C17H16N2O4. The molecule has 0 saturated heterocycles. The normalized spacial score (nSPS) is 13.5. The van der Waals surface area contributed by atoms with Crippen LogP contribution in [0.2, 0.25) is 0 Å². The highest BCUT2D eigenvalue weighted by Crippen LogP contribution is 2.29. The van der Waals surface area contributed by atoms with Crippen molar-refractivity contribution in [2.24, 2.45) is 0 Å². The third-order valence-corrected chi connectivity index (χ3v) is 3.79. The zero-order valence-corrected chi connectivity index (χ0v) is 12.7. The third kappa shape index (κ3) is 2.68. The summed E-state index contributed by atoms with van der Waals surface area (Å²) in [5.41, 5.74) is 0.893. The van der Waals surface area contributed by atoms with Crippen molar-refractivity contribution in [3.05, 3.63) is 47.5 Å². The maximum atomic E-state index is 12.6. The van der Waals surface area contributed by atoms with Crippen LogP contribution in [0, 0.1) is 0 Å². The van der Waals surface area contributed by atoms with Gasteiger partial charge in [-0.25, -0.2) is 0 Å². The van der Waals surface area contributed by atoms with E-state index in [0.717, 1.165) is 10.3 Å². The van der Waals surface area contributed by atoms with Gasteiger partial charge in [-0.2, -0.15) is 0 Å². The van der Waals surface area contributed by atoms with Crippen LogP contribution in [0.1, 0.15) is 20.7 Å². The minimum absolute atomic E-state index is 0.300. The van der Waals surface area contributed by atoms with Crippen molar-refractivity contribution < 1.29 is 19.1 Å². The highest BCUT2D eigenvalue weighted by Gasteiger charge is 2.33. The molecule has 3 rings (SSSR count). The Hall–Kier alpha value is -2.73. The van der Waals surface area contributed by atoms with Gasteiger partial charge >= 0.3 is 0 Å². The first-order valence-corrected chi connectivity index (χ1v) is 7.27. The van der Waals surface area contributed by atoms with Crippen LogP contribution >= 0.6 is 0 Å². The van der Waals surface area contributed by atoms with E-state index in [1.807, 2.05) is 12.1 Å². The Labute approximate surface area is 133 Å². The van der Waals surface area contributed by atoms with Gasteiger partial charge in [0.2, 0.25) is 5.91 Å². The summed E-state index contributed by atoms with van der Waals surface area (Å²) >= 11 is 0. The lowest BCUT2D eigenvalue weighted by Crippen LogP contribution is -2.46. The van der Waals surface area contributed by atoms with Crippen LogP contribution in [-0.2, 0) is 9.53 Å². The molecule has 118 valence electrons. The summed E-state index contributed by atoms with van der Waals surface area (Å²) in [5.74, 6) is -1.28. The quantitative estimate of drug-likeness (QED) is 0.665. The first kappa shape index (κ1) is 15.2. The summed E-state index contributed by atoms with van der Waals surface area (Å²) in [4.78, 5) is 38.1. The third-order valence-electron chi connectivity index (χ3n) is 3.79. The Morgan fingerprint density at radius 3 is 2.26 bits per heavy atom. The van der Waals surface area contributed by atoms with Crippen LogP contribution in [0.4, 0.5) is 0 Å². The highest BCUT2D eigenvalue weighted by molar-refractivity contribution is 6.26. The maximum Gasteiger partial charge on any atom is 0.261 e. The number of benzene rings is 2. The summed E-state index contributed by atoms with van der Waals surface area (Å²) in [6.07, 6.45) is 0. The van der Waals surface area contributed by atoms with Gasteiger partial charge in [-0.3, -0.25) is 19.3 Å². The molecule has 2 aromatic carbocycles. The largest absolute Gasteiger partial charge is 0.383 e. The van der Waals surface area contributed by atoms with Crippen LogP contribution in [0.3, 0.4) is 0 Å². The zero-order valence-electron chi connectivity index (χ0n) is 12.7. The number of imide groups is 1. The van der Waals surface area contributed by atoms with E-state index in [1.165, 1.54) is 7.11 Å². The van der Waals surface area contributed by atoms with Gasteiger partial charge < -0.3 is 10.1 Å². The van der Waals surface area contributed by atoms with Crippen molar-refractivity contribution in [2.45, 2.75) is 0 Å². The van der Waals surface area contributed by atoms with Crippen LogP contribution in [0.5, 0.6) is 0 Å². The van der Waals surface area contributed by atoms with E-state index in [4.69, 9.17) is 4.74 Å². The minimum Gasteiger partial charge on any atom is -0.383 e. The van der Waals surface area contributed by atoms with Gasteiger partial charge in [0.1, 0.15) is 6.54 Å². The van der Waals surface area contributed by atoms with Gasteiger partial charge in [-0.1, -0.05) is 24.3 Å². The fourth-order valence-corrected chi connectivity index (χ4v) is 2.72. The number of ether oxygens (including phenoxy) is 1. The SMILES string of the molecule is COCCNC(=O)CN1C(=O)c2cccc3cccc(c23)C1=O. The Balaban J connectivity index is 1.90. The maximum absolute atomic E-state index is 12.6. The number of carbonyl (C=O) groups is 3. The van der Waals surface area contributed by atoms with Crippen LogP contribution in [-0.4, -0.2) is 49.4 Å². The van der Waals surface area contributed by atoms with Gasteiger partial charge in [0.15, 0.2) is 0 Å². The van der Waals surface area contributed by atoms with Gasteiger partial charge in [0.25, 0.3) is 11.8 Å². The van der Waals surface area contributed by atoms with Crippen LogP contribution in [0.25, 0.3) is 10.8 Å². The Bertz CT molecular complexity index is 750. The second-order valence-corrected chi connectivity index (χ2v) is 5.25. The fraction of sp³-hybridized carbons (Fsp3) is 0.235. The van der Waals surface area contributed by atoms with E-state index in [-0.39, 0.29) is 6.54 Å². The van der Waals surface area contributed by atoms with Gasteiger partial charge in [-0.05, 0) is 17.5 Å². The van der Waals surface area contributed by atoms with Crippen molar-refractivity contribution in [3.8, 4) is 0 Å². The molecule has 0 atom stereocenters. The second kappa shape index (κ2) is 6.18. The molecule has 1 aliphatic heterocycles. The monoisotopic (exact) mass is 312 g/mol. The minimum atomic E-state index is -0.443. The van der Waals surface area contributed by atoms with E-state index in [9.17, 15) is 14.4 Å². The van der Waals surface area contributed by atoms with E-state index in [1.54, 1.807) is 24.3 Å². The first-order chi connectivity index (χ1) is 11.1. The van der Waals surface area contributed by atoms with E-state index in [0.29, 0.717) is 29.7 Å². The molecule has 0 radical (unpaired) electrons. The lowest BCUT2D eigenvalue weighted by molar-refractivity contribution is -0.121. The summed E-state index contributed by atoms with van der Waals surface area (Å²) in [6, 6.07) is 10.6. The molecule has 6 heteroatoms. The predicted molar refractivity (Wildman–Crippen MR) is 84.2 cm³/mol. The molecule has 2 aromatic rings. The number of rotatable bonds is 5. The molecule has 0 spiro atoms. The number of nitrogens with one attached hydrogen (secondary N) is 1. The lowest BCUT2D eigenvalue weighted by atomic mass is 9.94. The molecule has 1 aliphatic rings. The fourth-order valence-electron chi connectivity index (χ4n) is 2.72. The van der Waals surface area contributed by atoms with Crippen molar-refractivity contribution in [3.63, 3.8) is 0 Å². The number of methoxy groups -OCH3 is 1. The summed E-state index contributed by atoms with van der Waals surface area (Å²) in [7, 11) is 1.53. The van der Waals surface area contributed by atoms with Crippen molar-refractivity contribution in [1.82, 2.24) is 10.2 Å². The van der Waals surface area contributed by atoms with E-state index in [2.05, 4.69) is 5.32 Å². The van der Waals surface area contributed by atoms with Gasteiger partial charge in [0, 0.05) is 30.2 Å². The topological polar surface area (TPSA) is 75.7 Å². The van der Waals surface area contributed by atoms with Crippen molar-refractivity contribution >= 4 is 28.5 Å². The number of hydrogen-bond donors (Lipinski definition) is 1. The second-order valence-electron chi connectivity index (χ2n) is 5.25. The summed E-state index contributed by atoms with van der Waals surface area (Å²) in [6.45, 7) is 0.402. The average Bonchev–Trinajstić information content (AvgIpc) is 2.56. The Kier molecular flexibility index (Phi) is 4.08. The smallest absolute Gasteiger partial charge is 0.261 e. The van der Waals surface area contributed by atoms with Crippen molar-refractivity contribution in [1.29, 1.82) is 0 Å². The molecule has 23 heavy (non-hydrogen) atoms. The molecule has 0 fully saturated rings. The van der Waals surface area contributed by atoms with Gasteiger partial charge in [0.05, 0.1) is 6.61 Å². The number of hydrogen-bond acceptors (Lipinski definition) is 4. The van der Waals surface area contributed by atoms with Gasteiger partial charge in [-0.15, -0.1) is 0 Å². The lowest BCUT2D eigenvalue weighted by Gasteiger charge is -2.26. The standard InChI is InChI=1S/C17H16N2O4/c1-23-9-8-18-14(20)10-19-16(21)12-6-2-4-11-5-3-7-13(15(11)12)17(19)22/h2-7H,8-10H2,1H3,(H,18,20). The molecule has 3 amide bonds. The molecular weight excluding hydrogens is 296 g/mol. The molecule has 0 aliphatic carbocycles.